The standard InChI is InChI=1S/C16H19N3O3/c20-15(12-6-7-12)17-8-9-18-16(21)13-10-14(22-19-13)11-4-2-1-3-5-11/h1-5,12,14H,6-10H2,(H,17,20)(H,18,21). The van der Waals surface area contributed by atoms with Crippen LogP contribution in [0.1, 0.15) is 30.9 Å². The predicted octanol–water partition coefficient (Wildman–Crippen LogP) is 1.15. The number of rotatable bonds is 6. The van der Waals surface area contributed by atoms with Crippen molar-refractivity contribution in [3.05, 3.63) is 35.9 Å². The topological polar surface area (TPSA) is 79.8 Å². The lowest BCUT2D eigenvalue weighted by Gasteiger charge is -2.08. The second-order valence-electron chi connectivity index (χ2n) is 5.57. The predicted molar refractivity (Wildman–Crippen MR) is 81.1 cm³/mol. The van der Waals surface area contributed by atoms with Gasteiger partial charge in [-0.1, -0.05) is 35.5 Å². The molecule has 0 radical (unpaired) electrons. The molecule has 2 aliphatic rings. The summed E-state index contributed by atoms with van der Waals surface area (Å²) in [6.07, 6.45) is 2.22. The van der Waals surface area contributed by atoms with E-state index in [0.717, 1.165) is 18.4 Å². The van der Waals surface area contributed by atoms with Crippen molar-refractivity contribution in [3.8, 4) is 0 Å². The molecule has 3 rings (SSSR count). The van der Waals surface area contributed by atoms with Crippen molar-refractivity contribution in [1.82, 2.24) is 10.6 Å². The van der Waals surface area contributed by atoms with Crippen molar-refractivity contribution in [2.75, 3.05) is 13.1 Å². The molecule has 1 atom stereocenters. The number of amides is 2. The maximum Gasteiger partial charge on any atom is 0.269 e. The molecule has 0 bridgehead atoms. The second-order valence-corrected chi connectivity index (χ2v) is 5.57. The van der Waals surface area contributed by atoms with Crippen LogP contribution in [0.2, 0.25) is 0 Å². The van der Waals surface area contributed by atoms with Crippen molar-refractivity contribution < 1.29 is 14.4 Å². The van der Waals surface area contributed by atoms with Crippen molar-refractivity contribution in [2.45, 2.75) is 25.4 Å². The van der Waals surface area contributed by atoms with E-state index in [1.807, 2.05) is 30.3 Å². The quantitative estimate of drug-likeness (QED) is 0.773. The van der Waals surface area contributed by atoms with Crippen molar-refractivity contribution in [3.63, 3.8) is 0 Å². The first-order valence-electron chi connectivity index (χ1n) is 7.57. The summed E-state index contributed by atoms with van der Waals surface area (Å²) in [6.45, 7) is 0.837. The first-order valence-corrected chi connectivity index (χ1v) is 7.57. The Morgan fingerprint density at radius 2 is 1.86 bits per heavy atom. The summed E-state index contributed by atoms with van der Waals surface area (Å²) in [4.78, 5) is 28.7. The third-order valence-electron chi connectivity index (χ3n) is 3.76. The number of benzene rings is 1. The van der Waals surface area contributed by atoms with Gasteiger partial charge in [-0.15, -0.1) is 0 Å². The smallest absolute Gasteiger partial charge is 0.269 e. The monoisotopic (exact) mass is 301 g/mol. The average molecular weight is 301 g/mol. The summed E-state index contributed by atoms with van der Waals surface area (Å²) >= 11 is 0. The summed E-state index contributed by atoms with van der Waals surface area (Å²) in [5, 5.41) is 9.41. The highest BCUT2D eigenvalue weighted by molar-refractivity contribution is 6.39. The van der Waals surface area contributed by atoms with E-state index in [1.165, 1.54) is 0 Å². The molecule has 1 saturated carbocycles. The Kier molecular flexibility index (Phi) is 4.37. The maximum absolute atomic E-state index is 12.0. The lowest BCUT2D eigenvalue weighted by molar-refractivity contribution is -0.122. The van der Waals surface area contributed by atoms with Gasteiger partial charge in [0.15, 0.2) is 6.10 Å². The molecule has 1 fully saturated rings. The zero-order valence-corrected chi connectivity index (χ0v) is 12.2. The Morgan fingerprint density at radius 1 is 1.14 bits per heavy atom. The molecule has 1 heterocycles. The first kappa shape index (κ1) is 14.6. The largest absolute Gasteiger partial charge is 0.387 e. The van der Waals surface area contributed by atoms with E-state index >= 15 is 0 Å². The zero-order valence-electron chi connectivity index (χ0n) is 12.2. The van der Waals surface area contributed by atoms with Gasteiger partial charge in [-0.3, -0.25) is 9.59 Å². The molecule has 0 saturated heterocycles. The van der Waals surface area contributed by atoms with E-state index in [2.05, 4.69) is 15.8 Å². The molecule has 1 unspecified atom stereocenters. The summed E-state index contributed by atoms with van der Waals surface area (Å²) in [5.41, 5.74) is 1.40. The molecule has 1 aliphatic heterocycles. The van der Waals surface area contributed by atoms with Crippen LogP contribution in [0.15, 0.2) is 35.5 Å². The molecule has 6 nitrogen and oxygen atoms in total. The lowest BCUT2D eigenvalue weighted by Crippen LogP contribution is -2.38. The summed E-state index contributed by atoms with van der Waals surface area (Å²) in [7, 11) is 0. The van der Waals surface area contributed by atoms with Gasteiger partial charge >= 0.3 is 0 Å². The van der Waals surface area contributed by atoms with E-state index < -0.39 is 0 Å². The van der Waals surface area contributed by atoms with Crippen LogP contribution in [0.4, 0.5) is 0 Å². The summed E-state index contributed by atoms with van der Waals surface area (Å²) < 4.78 is 0. The molecule has 116 valence electrons. The van der Waals surface area contributed by atoms with Gasteiger partial charge in [-0.25, -0.2) is 0 Å². The van der Waals surface area contributed by atoms with E-state index in [9.17, 15) is 9.59 Å². The van der Waals surface area contributed by atoms with E-state index in [0.29, 0.717) is 25.2 Å². The average Bonchev–Trinajstić information content (AvgIpc) is 3.29. The number of hydrogen-bond acceptors (Lipinski definition) is 4. The number of carbonyl (C=O) groups is 2. The number of carbonyl (C=O) groups excluding carboxylic acids is 2. The fourth-order valence-corrected chi connectivity index (χ4v) is 2.31. The molecule has 2 amide bonds. The van der Waals surface area contributed by atoms with Crippen molar-refractivity contribution in [2.24, 2.45) is 11.1 Å². The van der Waals surface area contributed by atoms with Crippen LogP contribution < -0.4 is 10.6 Å². The van der Waals surface area contributed by atoms with Crippen LogP contribution in [-0.2, 0) is 14.4 Å². The van der Waals surface area contributed by atoms with Gasteiger partial charge in [-0.05, 0) is 18.4 Å². The molecule has 2 N–H and O–H groups in total. The van der Waals surface area contributed by atoms with Crippen LogP contribution >= 0.6 is 0 Å². The Hall–Kier alpha value is -2.37. The Labute approximate surface area is 128 Å². The molecule has 0 spiro atoms. The Bertz CT molecular complexity index is 582. The normalized spacial score (nSPS) is 20.0. The number of nitrogens with zero attached hydrogens (tertiary/aromatic N) is 1. The van der Waals surface area contributed by atoms with Gasteiger partial charge in [0.05, 0.1) is 0 Å². The van der Waals surface area contributed by atoms with Gasteiger partial charge in [0.2, 0.25) is 5.91 Å². The Morgan fingerprint density at radius 3 is 2.59 bits per heavy atom. The third-order valence-corrected chi connectivity index (χ3v) is 3.76. The van der Waals surface area contributed by atoms with Crippen LogP contribution in [0.3, 0.4) is 0 Å². The molecule has 0 aromatic heterocycles. The fraction of sp³-hybridized carbons (Fsp3) is 0.438. The minimum Gasteiger partial charge on any atom is -0.387 e. The van der Waals surface area contributed by atoms with Gasteiger partial charge < -0.3 is 15.5 Å². The van der Waals surface area contributed by atoms with Crippen molar-refractivity contribution >= 4 is 17.5 Å². The Balaban J connectivity index is 1.38. The van der Waals surface area contributed by atoms with Gasteiger partial charge in [0, 0.05) is 25.4 Å². The van der Waals surface area contributed by atoms with Gasteiger partial charge in [0.25, 0.3) is 5.91 Å². The second kappa shape index (κ2) is 6.60. The van der Waals surface area contributed by atoms with Crippen LogP contribution in [0.5, 0.6) is 0 Å². The minimum absolute atomic E-state index is 0.0833. The highest BCUT2D eigenvalue weighted by Gasteiger charge is 2.29. The highest BCUT2D eigenvalue weighted by atomic mass is 16.6. The number of hydrogen-bond donors (Lipinski definition) is 2. The molecule has 1 aliphatic carbocycles. The number of oxime groups is 1. The summed E-state index contributed by atoms with van der Waals surface area (Å²) in [5.74, 6) is 0.0361. The molecular formula is C16H19N3O3. The van der Waals surface area contributed by atoms with Crippen LogP contribution in [-0.4, -0.2) is 30.6 Å². The SMILES string of the molecule is O=C(NCCNC(=O)C1CC1)C1=NOC(c2ccccc2)C1. The minimum atomic E-state index is -0.237. The molecule has 22 heavy (non-hydrogen) atoms. The zero-order chi connectivity index (χ0) is 15.4. The lowest BCUT2D eigenvalue weighted by atomic mass is 10.0. The highest BCUT2D eigenvalue weighted by Crippen LogP contribution is 2.28. The molecular weight excluding hydrogens is 282 g/mol. The van der Waals surface area contributed by atoms with Crippen LogP contribution in [0, 0.1) is 5.92 Å². The molecule has 1 aromatic carbocycles. The first-order chi connectivity index (χ1) is 10.7. The van der Waals surface area contributed by atoms with Gasteiger partial charge in [-0.2, -0.15) is 0 Å². The molecule has 1 aromatic rings. The molecule has 6 heteroatoms. The van der Waals surface area contributed by atoms with E-state index in [-0.39, 0.29) is 23.8 Å². The maximum atomic E-state index is 12.0. The van der Waals surface area contributed by atoms with Gasteiger partial charge in [0.1, 0.15) is 5.71 Å². The fourth-order valence-electron chi connectivity index (χ4n) is 2.31. The van der Waals surface area contributed by atoms with E-state index in [1.54, 1.807) is 0 Å². The number of nitrogens with one attached hydrogen (secondary N) is 2. The van der Waals surface area contributed by atoms with Crippen LogP contribution in [0.25, 0.3) is 0 Å². The van der Waals surface area contributed by atoms with E-state index in [4.69, 9.17) is 4.84 Å². The third kappa shape index (κ3) is 3.63. The van der Waals surface area contributed by atoms with Crippen molar-refractivity contribution in [1.29, 1.82) is 0 Å². The summed E-state index contributed by atoms with van der Waals surface area (Å²) in [6, 6.07) is 9.70.